The molecule has 25 heavy (non-hydrogen) atoms. The number of nitrogens with zero attached hydrogens (tertiary/aromatic N) is 3. The van der Waals surface area contributed by atoms with Crippen LogP contribution in [-0.2, 0) is 9.53 Å². The van der Waals surface area contributed by atoms with Crippen LogP contribution in [0.5, 0.6) is 0 Å². The van der Waals surface area contributed by atoms with E-state index in [1.54, 1.807) is 0 Å². The van der Waals surface area contributed by atoms with E-state index in [0.29, 0.717) is 30.7 Å². The van der Waals surface area contributed by atoms with Crippen molar-refractivity contribution in [1.82, 2.24) is 15.1 Å². The molecule has 1 amide bonds. The van der Waals surface area contributed by atoms with E-state index in [1.165, 1.54) is 0 Å². The molecule has 0 radical (unpaired) electrons. The molecule has 2 saturated heterocycles. The van der Waals surface area contributed by atoms with Crippen molar-refractivity contribution >= 4 is 5.91 Å². The Bertz CT molecular complexity index is 590. The smallest absolute Gasteiger partial charge is 0.222 e. The maximum absolute atomic E-state index is 12.7. The highest BCUT2D eigenvalue weighted by Gasteiger charge is 2.51. The number of hydrogen-bond acceptors (Lipinski definition) is 5. The second kappa shape index (κ2) is 7.44. The Hall–Kier alpha value is -1.43. The highest BCUT2D eigenvalue weighted by atomic mass is 16.5. The first-order chi connectivity index (χ1) is 11.9. The molecule has 6 heteroatoms. The van der Waals surface area contributed by atoms with Crippen molar-refractivity contribution in [1.29, 1.82) is 0 Å². The van der Waals surface area contributed by atoms with Gasteiger partial charge in [0.15, 0.2) is 0 Å². The second-order valence-corrected chi connectivity index (χ2v) is 8.37. The summed E-state index contributed by atoms with van der Waals surface area (Å²) in [5.41, 5.74) is 0.0204. The molecule has 0 aliphatic carbocycles. The molecule has 1 unspecified atom stereocenters. The quantitative estimate of drug-likeness (QED) is 0.815. The molecule has 1 aromatic rings. The summed E-state index contributed by atoms with van der Waals surface area (Å²) in [6, 6.07) is 0. The summed E-state index contributed by atoms with van der Waals surface area (Å²) in [7, 11) is 0. The highest BCUT2D eigenvalue weighted by molar-refractivity contribution is 5.76. The van der Waals surface area contributed by atoms with Crippen molar-refractivity contribution in [3.8, 4) is 0 Å². The molecule has 1 atom stereocenters. The fourth-order valence-corrected chi connectivity index (χ4v) is 3.97. The topological polar surface area (TPSA) is 68.5 Å². The summed E-state index contributed by atoms with van der Waals surface area (Å²) >= 11 is 0. The Morgan fingerprint density at radius 2 is 1.96 bits per heavy atom. The minimum Gasteiger partial charge on any atom is -0.425 e. The number of carbonyl (C=O) groups excluding carboxylic acids is 1. The van der Waals surface area contributed by atoms with Gasteiger partial charge in [-0.3, -0.25) is 4.79 Å². The lowest BCUT2D eigenvalue weighted by molar-refractivity contribution is -0.131. The third-order valence-electron chi connectivity index (χ3n) is 5.67. The van der Waals surface area contributed by atoms with Gasteiger partial charge in [-0.15, -0.1) is 10.2 Å². The molecule has 0 N–H and O–H groups in total. The molecule has 0 bridgehead atoms. The summed E-state index contributed by atoms with van der Waals surface area (Å²) in [4.78, 5) is 14.7. The minimum atomic E-state index is 0.0204. The minimum absolute atomic E-state index is 0.0204. The molecule has 2 fully saturated rings. The van der Waals surface area contributed by atoms with Crippen molar-refractivity contribution in [2.75, 3.05) is 26.3 Å². The van der Waals surface area contributed by atoms with Gasteiger partial charge in [-0.05, 0) is 25.2 Å². The van der Waals surface area contributed by atoms with E-state index in [2.05, 4.69) is 37.9 Å². The highest BCUT2D eigenvalue weighted by Crippen LogP contribution is 2.49. The van der Waals surface area contributed by atoms with Crippen LogP contribution in [0.15, 0.2) is 4.42 Å². The average molecular weight is 349 g/mol. The van der Waals surface area contributed by atoms with Gasteiger partial charge in [0.05, 0.1) is 5.92 Å². The summed E-state index contributed by atoms with van der Waals surface area (Å²) in [5, 5.41) is 8.56. The van der Waals surface area contributed by atoms with Crippen LogP contribution in [0, 0.1) is 11.3 Å². The van der Waals surface area contributed by atoms with E-state index >= 15 is 0 Å². The first-order valence-electron chi connectivity index (χ1n) is 9.60. The van der Waals surface area contributed by atoms with E-state index in [9.17, 15) is 4.79 Å². The van der Waals surface area contributed by atoms with E-state index in [-0.39, 0.29) is 23.2 Å². The van der Waals surface area contributed by atoms with Crippen LogP contribution >= 0.6 is 0 Å². The lowest BCUT2D eigenvalue weighted by Gasteiger charge is -2.36. The van der Waals surface area contributed by atoms with Gasteiger partial charge in [0.1, 0.15) is 0 Å². The molecule has 1 aromatic heterocycles. The van der Waals surface area contributed by atoms with Crippen molar-refractivity contribution in [2.45, 2.75) is 65.2 Å². The number of rotatable bonds is 5. The van der Waals surface area contributed by atoms with E-state index in [0.717, 1.165) is 39.0 Å². The Labute approximate surface area is 150 Å². The van der Waals surface area contributed by atoms with Crippen LogP contribution < -0.4 is 0 Å². The van der Waals surface area contributed by atoms with E-state index in [1.807, 2.05) is 4.90 Å². The predicted molar refractivity (Wildman–Crippen MR) is 94.3 cm³/mol. The van der Waals surface area contributed by atoms with Gasteiger partial charge in [0.2, 0.25) is 17.7 Å². The molecule has 2 aliphatic heterocycles. The van der Waals surface area contributed by atoms with Crippen LogP contribution in [0.4, 0.5) is 0 Å². The maximum atomic E-state index is 12.7. The van der Waals surface area contributed by atoms with Gasteiger partial charge in [-0.25, -0.2) is 0 Å². The third kappa shape index (κ3) is 3.89. The van der Waals surface area contributed by atoms with Gasteiger partial charge in [0.25, 0.3) is 0 Å². The van der Waals surface area contributed by atoms with Crippen molar-refractivity contribution < 1.29 is 13.9 Å². The first-order valence-corrected chi connectivity index (χ1v) is 9.60. The zero-order chi connectivity index (χ0) is 18.0. The molecule has 2 aliphatic rings. The van der Waals surface area contributed by atoms with Crippen LogP contribution in [-0.4, -0.2) is 47.3 Å². The Morgan fingerprint density at radius 3 is 2.56 bits per heavy atom. The van der Waals surface area contributed by atoms with Gasteiger partial charge < -0.3 is 14.1 Å². The number of carbonyl (C=O) groups is 1. The largest absolute Gasteiger partial charge is 0.425 e. The van der Waals surface area contributed by atoms with E-state index in [4.69, 9.17) is 9.15 Å². The zero-order valence-corrected chi connectivity index (χ0v) is 16.0. The molecule has 0 aromatic carbocycles. The second-order valence-electron chi connectivity index (χ2n) is 8.37. The normalized spacial score (nSPS) is 23.1. The summed E-state index contributed by atoms with van der Waals surface area (Å²) in [6.45, 7) is 11.4. The monoisotopic (exact) mass is 349 g/mol. The van der Waals surface area contributed by atoms with Gasteiger partial charge >= 0.3 is 0 Å². The molecular formula is C19H31N3O3. The van der Waals surface area contributed by atoms with Crippen molar-refractivity contribution in [3.05, 3.63) is 11.8 Å². The Kier molecular flexibility index (Phi) is 5.46. The third-order valence-corrected chi connectivity index (χ3v) is 5.67. The van der Waals surface area contributed by atoms with Crippen molar-refractivity contribution in [2.24, 2.45) is 11.3 Å². The standard InChI is InChI=1S/C19H31N3O3/c1-13(2)5-6-16(23)22-11-15(18-21-20-17(25-18)14(3)4)19(12-22)7-9-24-10-8-19/h13-15H,5-12H2,1-4H3. The molecule has 6 nitrogen and oxygen atoms in total. The zero-order valence-electron chi connectivity index (χ0n) is 16.0. The number of likely N-dealkylation sites (tertiary alicyclic amines) is 1. The maximum Gasteiger partial charge on any atom is 0.222 e. The fourth-order valence-electron chi connectivity index (χ4n) is 3.97. The average Bonchev–Trinajstić information content (AvgIpc) is 3.18. The number of ether oxygens (including phenoxy) is 1. The van der Waals surface area contributed by atoms with E-state index < -0.39 is 0 Å². The predicted octanol–water partition coefficient (Wildman–Crippen LogP) is 3.35. The summed E-state index contributed by atoms with van der Waals surface area (Å²) < 4.78 is 11.6. The summed E-state index contributed by atoms with van der Waals surface area (Å²) in [6.07, 6.45) is 3.46. The molecule has 3 heterocycles. The van der Waals surface area contributed by atoms with Crippen molar-refractivity contribution in [3.63, 3.8) is 0 Å². The van der Waals surface area contributed by atoms with Crippen LogP contribution in [0.1, 0.15) is 77.0 Å². The molecule has 140 valence electrons. The van der Waals surface area contributed by atoms with Gasteiger partial charge in [0, 0.05) is 44.1 Å². The summed E-state index contributed by atoms with van der Waals surface area (Å²) in [5.74, 6) is 2.53. The van der Waals surface area contributed by atoms with Crippen LogP contribution in [0.25, 0.3) is 0 Å². The molecule has 1 spiro atoms. The molecular weight excluding hydrogens is 318 g/mol. The first kappa shape index (κ1) is 18.4. The lowest BCUT2D eigenvalue weighted by Crippen LogP contribution is -2.37. The van der Waals surface area contributed by atoms with Crippen LogP contribution in [0.2, 0.25) is 0 Å². The SMILES string of the molecule is CC(C)CCC(=O)N1CC(c2nnc(C(C)C)o2)C2(CCOCC2)C1. The Balaban J connectivity index is 1.79. The Morgan fingerprint density at radius 1 is 1.24 bits per heavy atom. The number of hydrogen-bond donors (Lipinski definition) is 0. The van der Waals surface area contributed by atoms with Gasteiger partial charge in [-0.1, -0.05) is 27.7 Å². The van der Waals surface area contributed by atoms with Crippen LogP contribution in [0.3, 0.4) is 0 Å². The number of aromatic nitrogens is 2. The van der Waals surface area contributed by atoms with Gasteiger partial charge in [-0.2, -0.15) is 0 Å². The molecule has 0 saturated carbocycles. The molecule has 3 rings (SSSR count). The lowest BCUT2D eigenvalue weighted by atomic mass is 9.72. The number of amides is 1. The fraction of sp³-hybridized carbons (Fsp3) is 0.842.